The summed E-state index contributed by atoms with van der Waals surface area (Å²) in [6, 6.07) is 5.94. The topological polar surface area (TPSA) is 57.4 Å². The highest BCUT2D eigenvalue weighted by Gasteiger charge is 2.12. The second kappa shape index (κ2) is 4.22. The molecule has 2 N–H and O–H groups in total. The lowest BCUT2D eigenvalue weighted by Crippen LogP contribution is -2.00. The highest BCUT2D eigenvalue weighted by atomic mass is 16.5. The summed E-state index contributed by atoms with van der Waals surface area (Å²) >= 11 is 0. The Bertz CT molecular complexity index is 554. The largest absolute Gasteiger partial charge is 0.490 e. The third-order valence-corrected chi connectivity index (χ3v) is 2.91. The van der Waals surface area contributed by atoms with Gasteiger partial charge in [0.05, 0.1) is 18.9 Å². The average Bonchev–Trinajstić information content (AvgIpc) is 2.60. The van der Waals surface area contributed by atoms with Crippen LogP contribution in [0.25, 0.3) is 10.8 Å². The van der Waals surface area contributed by atoms with E-state index in [0.29, 0.717) is 19.8 Å². The van der Waals surface area contributed by atoms with E-state index in [1.54, 1.807) is 6.20 Å². The molecule has 1 aliphatic heterocycles. The van der Waals surface area contributed by atoms with Gasteiger partial charge in [-0.2, -0.15) is 0 Å². The van der Waals surface area contributed by atoms with Gasteiger partial charge < -0.3 is 15.2 Å². The van der Waals surface area contributed by atoms with Gasteiger partial charge in [0.15, 0.2) is 11.5 Å². The molecule has 4 heteroatoms. The van der Waals surface area contributed by atoms with E-state index in [9.17, 15) is 0 Å². The third-order valence-electron chi connectivity index (χ3n) is 2.91. The molecule has 1 aromatic heterocycles. The van der Waals surface area contributed by atoms with Gasteiger partial charge in [-0.05, 0) is 23.6 Å². The van der Waals surface area contributed by atoms with Crippen LogP contribution in [0.1, 0.15) is 12.1 Å². The third kappa shape index (κ3) is 1.80. The van der Waals surface area contributed by atoms with E-state index in [0.717, 1.165) is 34.4 Å². The van der Waals surface area contributed by atoms with E-state index in [1.807, 2.05) is 18.2 Å². The molecule has 0 saturated carbocycles. The Morgan fingerprint density at radius 3 is 2.71 bits per heavy atom. The van der Waals surface area contributed by atoms with Crippen molar-refractivity contribution in [1.29, 1.82) is 0 Å². The molecule has 0 aliphatic carbocycles. The lowest BCUT2D eigenvalue weighted by Gasteiger charge is -2.10. The molecule has 4 nitrogen and oxygen atoms in total. The van der Waals surface area contributed by atoms with Crippen LogP contribution in [0.5, 0.6) is 11.5 Å². The van der Waals surface area contributed by atoms with Crippen molar-refractivity contribution >= 4 is 10.8 Å². The van der Waals surface area contributed by atoms with Crippen LogP contribution in [0.3, 0.4) is 0 Å². The van der Waals surface area contributed by atoms with Gasteiger partial charge in [0, 0.05) is 24.5 Å². The molecule has 0 spiro atoms. The van der Waals surface area contributed by atoms with Crippen LogP contribution in [0.2, 0.25) is 0 Å². The van der Waals surface area contributed by atoms with Crippen LogP contribution >= 0.6 is 0 Å². The van der Waals surface area contributed by atoms with Crippen LogP contribution in [-0.4, -0.2) is 18.2 Å². The first-order valence-corrected chi connectivity index (χ1v) is 5.76. The Morgan fingerprint density at radius 1 is 1.18 bits per heavy atom. The number of aromatic nitrogens is 1. The lowest BCUT2D eigenvalue weighted by atomic mass is 10.1. The summed E-state index contributed by atoms with van der Waals surface area (Å²) < 4.78 is 11.3. The van der Waals surface area contributed by atoms with Gasteiger partial charge in [-0.1, -0.05) is 0 Å². The van der Waals surface area contributed by atoms with Crippen molar-refractivity contribution < 1.29 is 9.47 Å². The van der Waals surface area contributed by atoms with E-state index >= 15 is 0 Å². The zero-order valence-electron chi connectivity index (χ0n) is 9.48. The fourth-order valence-corrected chi connectivity index (χ4v) is 2.05. The quantitative estimate of drug-likeness (QED) is 0.812. The van der Waals surface area contributed by atoms with Crippen LogP contribution in [-0.2, 0) is 6.54 Å². The summed E-state index contributed by atoms with van der Waals surface area (Å²) in [6.45, 7) is 1.82. The molecule has 88 valence electrons. The number of hydrogen-bond donors (Lipinski definition) is 1. The Morgan fingerprint density at radius 2 is 1.94 bits per heavy atom. The molecule has 0 unspecified atom stereocenters. The van der Waals surface area contributed by atoms with Gasteiger partial charge in [0.1, 0.15) is 0 Å². The molecule has 0 saturated heterocycles. The SMILES string of the molecule is NCc1nccc2cc3c(cc12)OCCCO3. The second-order valence-electron chi connectivity index (χ2n) is 4.03. The average molecular weight is 230 g/mol. The Balaban J connectivity index is 2.22. The number of ether oxygens (including phenoxy) is 2. The summed E-state index contributed by atoms with van der Waals surface area (Å²) in [4.78, 5) is 4.28. The van der Waals surface area contributed by atoms with Crippen molar-refractivity contribution in [1.82, 2.24) is 4.98 Å². The molecular formula is C13H14N2O2. The maximum Gasteiger partial charge on any atom is 0.161 e. The van der Waals surface area contributed by atoms with Crippen molar-refractivity contribution in [3.8, 4) is 11.5 Å². The minimum absolute atomic E-state index is 0.428. The summed E-state index contributed by atoms with van der Waals surface area (Å²) in [5.74, 6) is 1.60. The van der Waals surface area contributed by atoms with Crippen molar-refractivity contribution in [3.05, 3.63) is 30.1 Å². The standard InChI is InChI=1S/C13H14N2O2/c14-8-11-10-7-13-12(16-4-1-5-17-13)6-9(10)2-3-15-11/h2-3,6-7H,1,4-5,8,14H2. The van der Waals surface area contributed by atoms with Crippen LogP contribution in [0.4, 0.5) is 0 Å². The minimum atomic E-state index is 0.428. The van der Waals surface area contributed by atoms with Gasteiger partial charge in [-0.3, -0.25) is 4.98 Å². The van der Waals surface area contributed by atoms with E-state index in [-0.39, 0.29) is 0 Å². The van der Waals surface area contributed by atoms with E-state index in [1.165, 1.54) is 0 Å². The van der Waals surface area contributed by atoms with Crippen LogP contribution in [0, 0.1) is 0 Å². The van der Waals surface area contributed by atoms with Gasteiger partial charge >= 0.3 is 0 Å². The van der Waals surface area contributed by atoms with Gasteiger partial charge in [-0.15, -0.1) is 0 Å². The Kier molecular flexibility index (Phi) is 2.57. The number of benzene rings is 1. The maximum atomic E-state index is 5.69. The highest BCUT2D eigenvalue weighted by molar-refractivity contribution is 5.87. The first-order chi connectivity index (χ1) is 8.38. The zero-order valence-corrected chi connectivity index (χ0v) is 9.48. The number of pyridine rings is 1. The fraction of sp³-hybridized carbons (Fsp3) is 0.308. The Labute approximate surface area is 99.4 Å². The molecule has 0 amide bonds. The molecule has 1 aliphatic rings. The van der Waals surface area contributed by atoms with Crippen molar-refractivity contribution in [2.24, 2.45) is 5.73 Å². The van der Waals surface area contributed by atoms with Crippen molar-refractivity contribution in [2.45, 2.75) is 13.0 Å². The maximum absolute atomic E-state index is 5.69. The Hall–Kier alpha value is -1.81. The molecule has 0 fully saturated rings. The molecule has 3 rings (SSSR count). The monoisotopic (exact) mass is 230 g/mol. The first-order valence-electron chi connectivity index (χ1n) is 5.76. The second-order valence-corrected chi connectivity index (χ2v) is 4.03. The summed E-state index contributed by atoms with van der Waals surface area (Å²) in [5.41, 5.74) is 6.58. The van der Waals surface area contributed by atoms with Crippen molar-refractivity contribution in [2.75, 3.05) is 13.2 Å². The smallest absolute Gasteiger partial charge is 0.161 e. The predicted octanol–water partition coefficient (Wildman–Crippen LogP) is 1.85. The fourth-order valence-electron chi connectivity index (χ4n) is 2.05. The molecule has 0 bridgehead atoms. The molecule has 0 radical (unpaired) electrons. The molecule has 2 aromatic rings. The van der Waals surface area contributed by atoms with Gasteiger partial charge in [0.25, 0.3) is 0 Å². The van der Waals surface area contributed by atoms with Gasteiger partial charge in [-0.25, -0.2) is 0 Å². The van der Waals surface area contributed by atoms with E-state index < -0.39 is 0 Å². The molecule has 1 aromatic carbocycles. The van der Waals surface area contributed by atoms with E-state index in [4.69, 9.17) is 15.2 Å². The van der Waals surface area contributed by atoms with E-state index in [2.05, 4.69) is 4.98 Å². The summed E-state index contributed by atoms with van der Waals surface area (Å²) in [7, 11) is 0. The molecular weight excluding hydrogens is 216 g/mol. The number of nitrogens with two attached hydrogens (primary N) is 1. The lowest BCUT2D eigenvalue weighted by molar-refractivity contribution is 0.297. The first kappa shape index (κ1) is 10.4. The normalized spacial score (nSPS) is 14.6. The number of nitrogens with zero attached hydrogens (tertiary/aromatic N) is 1. The molecule has 2 heterocycles. The van der Waals surface area contributed by atoms with Crippen LogP contribution < -0.4 is 15.2 Å². The number of fused-ring (bicyclic) bond motifs is 2. The molecule has 0 atom stereocenters. The molecule has 17 heavy (non-hydrogen) atoms. The number of hydrogen-bond acceptors (Lipinski definition) is 4. The highest BCUT2D eigenvalue weighted by Crippen LogP contribution is 2.34. The van der Waals surface area contributed by atoms with Crippen LogP contribution in [0.15, 0.2) is 24.4 Å². The van der Waals surface area contributed by atoms with Crippen molar-refractivity contribution in [3.63, 3.8) is 0 Å². The zero-order chi connectivity index (χ0) is 11.7. The predicted molar refractivity (Wildman–Crippen MR) is 65.2 cm³/mol. The minimum Gasteiger partial charge on any atom is -0.490 e. The number of rotatable bonds is 1. The van der Waals surface area contributed by atoms with Gasteiger partial charge in [0.2, 0.25) is 0 Å². The summed E-state index contributed by atoms with van der Waals surface area (Å²) in [5, 5.41) is 2.13. The summed E-state index contributed by atoms with van der Waals surface area (Å²) in [6.07, 6.45) is 2.68.